The second kappa shape index (κ2) is 10.6. The summed E-state index contributed by atoms with van der Waals surface area (Å²) in [5.41, 5.74) is 0.000194. The maximum Gasteiger partial charge on any atom is 0.191 e. The molecule has 6 nitrogen and oxygen atoms in total. The third-order valence-electron chi connectivity index (χ3n) is 4.32. The van der Waals surface area contributed by atoms with Crippen LogP contribution in [-0.4, -0.2) is 68.9 Å². The Balaban J connectivity index is 1.81. The smallest absolute Gasteiger partial charge is 0.191 e. The molecule has 0 unspecified atom stereocenters. The van der Waals surface area contributed by atoms with Crippen molar-refractivity contribution in [1.82, 2.24) is 15.5 Å². The average molecular weight is 383 g/mol. The molecular weight excluding hydrogens is 352 g/mol. The minimum atomic E-state index is 0.000194. The van der Waals surface area contributed by atoms with Gasteiger partial charge in [0.05, 0.1) is 31.3 Å². The third kappa shape index (κ3) is 6.67. The van der Waals surface area contributed by atoms with Crippen molar-refractivity contribution in [3.8, 4) is 5.75 Å². The van der Waals surface area contributed by atoms with Gasteiger partial charge in [-0.05, 0) is 32.9 Å². The molecular formula is C19H31ClN4O2. The molecule has 0 amide bonds. The van der Waals surface area contributed by atoms with Gasteiger partial charge in [-0.2, -0.15) is 0 Å². The van der Waals surface area contributed by atoms with Gasteiger partial charge in [0.2, 0.25) is 0 Å². The van der Waals surface area contributed by atoms with E-state index in [0.717, 1.165) is 38.8 Å². The fourth-order valence-electron chi connectivity index (χ4n) is 2.78. The highest BCUT2D eigenvalue weighted by molar-refractivity contribution is 6.32. The molecule has 0 saturated carbocycles. The summed E-state index contributed by atoms with van der Waals surface area (Å²) in [6.07, 6.45) is 0. The van der Waals surface area contributed by atoms with Crippen molar-refractivity contribution in [3.05, 3.63) is 29.3 Å². The van der Waals surface area contributed by atoms with Crippen LogP contribution in [0.2, 0.25) is 5.02 Å². The van der Waals surface area contributed by atoms with Crippen LogP contribution in [0.15, 0.2) is 29.3 Å². The second-order valence-corrected chi connectivity index (χ2v) is 7.22. The largest absolute Gasteiger partial charge is 0.490 e. The van der Waals surface area contributed by atoms with Crippen LogP contribution in [0.5, 0.6) is 5.75 Å². The van der Waals surface area contributed by atoms with E-state index in [1.165, 1.54) is 0 Å². The highest BCUT2D eigenvalue weighted by atomic mass is 35.5. The normalized spacial score (nSPS) is 16.4. The van der Waals surface area contributed by atoms with E-state index in [-0.39, 0.29) is 5.54 Å². The van der Waals surface area contributed by atoms with Gasteiger partial charge in [-0.25, -0.2) is 0 Å². The molecule has 146 valence electrons. The summed E-state index contributed by atoms with van der Waals surface area (Å²) >= 11 is 6.09. The Kier molecular flexibility index (Phi) is 8.48. The lowest BCUT2D eigenvalue weighted by atomic mass is 10.0. The van der Waals surface area contributed by atoms with Crippen molar-refractivity contribution in [1.29, 1.82) is 0 Å². The van der Waals surface area contributed by atoms with Crippen LogP contribution < -0.4 is 15.4 Å². The van der Waals surface area contributed by atoms with E-state index in [2.05, 4.69) is 36.3 Å². The quantitative estimate of drug-likeness (QED) is 0.410. The van der Waals surface area contributed by atoms with E-state index in [9.17, 15) is 0 Å². The van der Waals surface area contributed by atoms with Crippen LogP contribution in [-0.2, 0) is 4.74 Å². The topological polar surface area (TPSA) is 58.1 Å². The summed E-state index contributed by atoms with van der Waals surface area (Å²) in [5.74, 6) is 1.50. The number of hydrogen-bond acceptors (Lipinski definition) is 4. The molecule has 0 aromatic heterocycles. The highest BCUT2D eigenvalue weighted by Crippen LogP contribution is 2.22. The Bertz CT molecular complexity index is 574. The number of rotatable bonds is 8. The molecule has 1 aliphatic rings. The van der Waals surface area contributed by atoms with Crippen LogP contribution >= 0.6 is 11.6 Å². The first-order chi connectivity index (χ1) is 12.5. The van der Waals surface area contributed by atoms with Gasteiger partial charge in [0.1, 0.15) is 12.4 Å². The number of halogens is 1. The standard InChI is InChI=1S/C19H31ClN4O2/c1-4-21-18(22-9-12-26-17-8-6-5-7-16(17)20)23-15-19(2,3)24-10-13-25-14-11-24/h5-8H,4,9-15H2,1-3H3,(H2,21,22,23). The minimum Gasteiger partial charge on any atom is -0.490 e. The molecule has 26 heavy (non-hydrogen) atoms. The first-order valence-electron chi connectivity index (χ1n) is 9.25. The summed E-state index contributed by atoms with van der Waals surface area (Å²) < 4.78 is 11.2. The molecule has 1 fully saturated rings. The van der Waals surface area contributed by atoms with Gasteiger partial charge < -0.3 is 20.1 Å². The number of aliphatic imine (C=N–C) groups is 1. The van der Waals surface area contributed by atoms with Gasteiger partial charge >= 0.3 is 0 Å². The van der Waals surface area contributed by atoms with E-state index in [1.54, 1.807) is 0 Å². The Hall–Kier alpha value is -1.50. The van der Waals surface area contributed by atoms with Crippen LogP contribution in [0.25, 0.3) is 0 Å². The van der Waals surface area contributed by atoms with E-state index >= 15 is 0 Å². The molecule has 2 rings (SSSR count). The predicted molar refractivity (Wildman–Crippen MR) is 107 cm³/mol. The summed E-state index contributed by atoms with van der Waals surface area (Å²) in [7, 11) is 0. The molecule has 0 radical (unpaired) electrons. The van der Waals surface area contributed by atoms with Crippen LogP contribution in [0.1, 0.15) is 20.8 Å². The maximum atomic E-state index is 6.09. The Morgan fingerprint density at radius 2 is 2.00 bits per heavy atom. The molecule has 0 aliphatic carbocycles. The minimum absolute atomic E-state index is 0.000194. The van der Waals surface area contributed by atoms with Crippen molar-refractivity contribution < 1.29 is 9.47 Å². The van der Waals surface area contributed by atoms with Crippen molar-refractivity contribution >= 4 is 17.6 Å². The van der Waals surface area contributed by atoms with Crippen molar-refractivity contribution in [2.45, 2.75) is 26.3 Å². The van der Waals surface area contributed by atoms with E-state index in [4.69, 9.17) is 26.1 Å². The summed E-state index contributed by atoms with van der Waals surface area (Å²) in [6, 6.07) is 7.49. The van der Waals surface area contributed by atoms with Gasteiger partial charge in [-0.1, -0.05) is 23.7 Å². The first-order valence-corrected chi connectivity index (χ1v) is 9.63. The summed E-state index contributed by atoms with van der Waals surface area (Å²) in [5, 5.41) is 7.22. The molecule has 1 aromatic carbocycles. The van der Waals surface area contributed by atoms with E-state index < -0.39 is 0 Å². The van der Waals surface area contributed by atoms with Crippen LogP contribution in [0.3, 0.4) is 0 Å². The number of nitrogens with one attached hydrogen (secondary N) is 2. The molecule has 1 saturated heterocycles. The highest BCUT2D eigenvalue weighted by Gasteiger charge is 2.28. The fourth-order valence-corrected chi connectivity index (χ4v) is 2.97. The monoisotopic (exact) mass is 382 g/mol. The molecule has 2 N–H and O–H groups in total. The SMILES string of the molecule is CCNC(=NCC(C)(C)N1CCOCC1)NCCOc1ccccc1Cl. The number of hydrogen-bond donors (Lipinski definition) is 2. The first kappa shape index (κ1) is 20.8. The Labute approximate surface area is 161 Å². The Morgan fingerprint density at radius 1 is 1.27 bits per heavy atom. The van der Waals surface area contributed by atoms with Gasteiger partial charge in [0.25, 0.3) is 0 Å². The number of guanidine groups is 1. The fraction of sp³-hybridized carbons (Fsp3) is 0.632. The molecule has 1 aromatic rings. The number of para-hydroxylation sites is 1. The van der Waals surface area contributed by atoms with Crippen LogP contribution in [0, 0.1) is 0 Å². The zero-order chi connectivity index (χ0) is 18.8. The molecule has 1 aliphatic heterocycles. The van der Waals surface area contributed by atoms with E-state index in [0.29, 0.717) is 30.5 Å². The number of morpholine rings is 1. The second-order valence-electron chi connectivity index (χ2n) is 6.81. The van der Waals surface area contributed by atoms with E-state index in [1.807, 2.05) is 24.3 Å². The van der Waals surface area contributed by atoms with Crippen LogP contribution in [0.4, 0.5) is 0 Å². The maximum absolute atomic E-state index is 6.09. The third-order valence-corrected chi connectivity index (χ3v) is 4.64. The lowest BCUT2D eigenvalue weighted by Crippen LogP contribution is -2.52. The average Bonchev–Trinajstić information content (AvgIpc) is 2.65. The van der Waals surface area contributed by atoms with Crippen molar-refractivity contribution in [2.24, 2.45) is 4.99 Å². The number of benzene rings is 1. The lowest BCUT2D eigenvalue weighted by molar-refractivity contribution is -0.00683. The predicted octanol–water partition coefficient (Wildman–Crippen LogP) is 2.38. The summed E-state index contributed by atoms with van der Waals surface area (Å²) in [6.45, 7) is 12.7. The Morgan fingerprint density at radius 3 is 2.69 bits per heavy atom. The van der Waals surface area contributed by atoms with Gasteiger partial charge in [0, 0.05) is 25.2 Å². The molecule has 0 atom stereocenters. The zero-order valence-corrected chi connectivity index (χ0v) is 16.8. The van der Waals surface area contributed by atoms with Crippen molar-refractivity contribution in [2.75, 3.05) is 52.5 Å². The molecule has 7 heteroatoms. The van der Waals surface area contributed by atoms with Crippen molar-refractivity contribution in [3.63, 3.8) is 0 Å². The van der Waals surface area contributed by atoms with Gasteiger partial charge in [-0.3, -0.25) is 9.89 Å². The molecule has 0 spiro atoms. The van der Waals surface area contributed by atoms with Gasteiger partial charge in [0.15, 0.2) is 5.96 Å². The molecule has 0 bridgehead atoms. The number of nitrogens with zero attached hydrogens (tertiary/aromatic N) is 2. The summed E-state index contributed by atoms with van der Waals surface area (Å²) in [4.78, 5) is 7.19. The number of ether oxygens (including phenoxy) is 2. The van der Waals surface area contributed by atoms with Gasteiger partial charge in [-0.15, -0.1) is 0 Å². The zero-order valence-electron chi connectivity index (χ0n) is 16.1. The lowest BCUT2D eigenvalue weighted by Gasteiger charge is -2.39. The molecule has 1 heterocycles.